The van der Waals surface area contributed by atoms with Gasteiger partial charge in [-0.05, 0) is 25.1 Å². The van der Waals surface area contributed by atoms with Crippen LogP contribution < -0.4 is 0 Å². The van der Waals surface area contributed by atoms with Crippen molar-refractivity contribution in [3.05, 3.63) is 39.6 Å². The van der Waals surface area contributed by atoms with Crippen molar-refractivity contribution >= 4 is 27.3 Å². The van der Waals surface area contributed by atoms with Crippen molar-refractivity contribution in [2.75, 3.05) is 0 Å². The molecule has 5 heteroatoms. The first-order chi connectivity index (χ1) is 7.58. The van der Waals surface area contributed by atoms with Crippen molar-refractivity contribution in [3.8, 4) is 10.6 Å². The van der Waals surface area contributed by atoms with Crippen LogP contribution >= 0.6 is 27.3 Å². The molecule has 16 heavy (non-hydrogen) atoms. The highest BCUT2D eigenvalue weighted by Crippen LogP contribution is 2.32. The summed E-state index contributed by atoms with van der Waals surface area (Å²) in [6.07, 6.45) is -0.600. The summed E-state index contributed by atoms with van der Waals surface area (Å²) in [5, 5.41) is 11.8. The summed E-state index contributed by atoms with van der Waals surface area (Å²) in [6, 6.07) is 4.46. The molecule has 0 aliphatic carbocycles. The standard InChI is InChI=1S/C11H9BrFNOS/c1-6(15)10-5-16-11(14-10)8-4-7(13)2-3-9(8)12/h2-6,15H,1H3. The largest absolute Gasteiger partial charge is 0.387 e. The van der Waals surface area contributed by atoms with Crippen LogP contribution in [0.2, 0.25) is 0 Å². The molecule has 0 saturated heterocycles. The molecule has 0 fully saturated rings. The van der Waals surface area contributed by atoms with Crippen LogP contribution in [0.4, 0.5) is 4.39 Å². The molecule has 1 unspecified atom stereocenters. The Hall–Kier alpha value is -0.780. The van der Waals surface area contributed by atoms with E-state index in [9.17, 15) is 9.50 Å². The van der Waals surface area contributed by atoms with Crippen LogP contribution in [-0.2, 0) is 0 Å². The first-order valence-electron chi connectivity index (χ1n) is 4.67. The molecule has 1 atom stereocenters. The van der Waals surface area contributed by atoms with Gasteiger partial charge in [-0.2, -0.15) is 0 Å². The summed E-state index contributed by atoms with van der Waals surface area (Å²) < 4.78 is 13.9. The van der Waals surface area contributed by atoms with Gasteiger partial charge in [0.05, 0.1) is 11.8 Å². The summed E-state index contributed by atoms with van der Waals surface area (Å²) in [5.41, 5.74) is 1.31. The molecule has 1 aromatic heterocycles. The number of hydrogen-bond donors (Lipinski definition) is 1. The summed E-state index contributed by atoms with van der Waals surface area (Å²) >= 11 is 4.74. The lowest BCUT2D eigenvalue weighted by Crippen LogP contribution is -1.90. The lowest BCUT2D eigenvalue weighted by molar-refractivity contribution is 0.195. The first-order valence-corrected chi connectivity index (χ1v) is 6.34. The van der Waals surface area contributed by atoms with Gasteiger partial charge in [0.15, 0.2) is 0 Å². The lowest BCUT2D eigenvalue weighted by atomic mass is 10.2. The van der Waals surface area contributed by atoms with E-state index in [0.29, 0.717) is 16.3 Å². The third-order valence-corrected chi connectivity index (χ3v) is 3.69. The molecule has 2 rings (SSSR count). The van der Waals surface area contributed by atoms with E-state index in [-0.39, 0.29) is 5.82 Å². The third kappa shape index (κ3) is 2.31. The number of hydrogen-bond acceptors (Lipinski definition) is 3. The van der Waals surface area contributed by atoms with Crippen molar-refractivity contribution in [2.24, 2.45) is 0 Å². The van der Waals surface area contributed by atoms with Gasteiger partial charge in [-0.15, -0.1) is 11.3 Å². The third-order valence-electron chi connectivity index (χ3n) is 2.11. The minimum absolute atomic E-state index is 0.299. The summed E-state index contributed by atoms with van der Waals surface area (Å²) in [7, 11) is 0. The molecular formula is C11H9BrFNOS. The van der Waals surface area contributed by atoms with E-state index in [0.717, 1.165) is 4.47 Å². The number of rotatable bonds is 2. The summed E-state index contributed by atoms with van der Waals surface area (Å²) in [5.74, 6) is -0.299. The lowest BCUT2D eigenvalue weighted by Gasteiger charge is -2.01. The van der Waals surface area contributed by atoms with E-state index in [4.69, 9.17) is 0 Å². The normalized spacial score (nSPS) is 12.8. The molecule has 0 spiro atoms. The molecule has 2 aromatic rings. The monoisotopic (exact) mass is 301 g/mol. The number of thiazole rings is 1. The maximum atomic E-state index is 13.1. The van der Waals surface area contributed by atoms with E-state index in [2.05, 4.69) is 20.9 Å². The van der Waals surface area contributed by atoms with E-state index in [1.54, 1.807) is 18.4 Å². The highest BCUT2D eigenvalue weighted by atomic mass is 79.9. The van der Waals surface area contributed by atoms with Gasteiger partial charge >= 0.3 is 0 Å². The van der Waals surface area contributed by atoms with Gasteiger partial charge in [0.25, 0.3) is 0 Å². The van der Waals surface area contributed by atoms with E-state index in [1.807, 2.05) is 0 Å². The zero-order valence-corrected chi connectivity index (χ0v) is 10.8. The molecule has 0 bridgehead atoms. The Morgan fingerprint density at radius 3 is 2.88 bits per heavy atom. The van der Waals surface area contributed by atoms with Crippen molar-refractivity contribution in [2.45, 2.75) is 13.0 Å². The molecule has 2 nitrogen and oxygen atoms in total. The van der Waals surface area contributed by atoms with E-state index in [1.165, 1.54) is 23.5 Å². The molecule has 84 valence electrons. The van der Waals surface area contributed by atoms with Crippen LogP contribution in [0.25, 0.3) is 10.6 Å². The quantitative estimate of drug-likeness (QED) is 0.916. The number of nitrogens with zero attached hydrogens (tertiary/aromatic N) is 1. The summed E-state index contributed by atoms with van der Waals surface area (Å²) in [4.78, 5) is 4.25. The van der Waals surface area contributed by atoms with Crippen molar-refractivity contribution < 1.29 is 9.50 Å². The maximum Gasteiger partial charge on any atom is 0.124 e. The van der Waals surface area contributed by atoms with Gasteiger partial charge in [0.1, 0.15) is 10.8 Å². The van der Waals surface area contributed by atoms with Gasteiger partial charge in [0, 0.05) is 15.4 Å². The average molecular weight is 302 g/mol. The fraction of sp³-hybridized carbons (Fsp3) is 0.182. The zero-order chi connectivity index (χ0) is 11.7. The Bertz CT molecular complexity index is 512. The van der Waals surface area contributed by atoms with Crippen molar-refractivity contribution in [1.82, 2.24) is 4.98 Å². The minimum atomic E-state index is -0.600. The van der Waals surface area contributed by atoms with Crippen LogP contribution in [-0.4, -0.2) is 10.1 Å². The number of halogens is 2. The highest BCUT2D eigenvalue weighted by molar-refractivity contribution is 9.10. The molecular weight excluding hydrogens is 293 g/mol. The number of aliphatic hydroxyl groups excluding tert-OH is 1. The predicted octanol–water partition coefficient (Wildman–Crippen LogP) is 3.77. The Labute approximate surface area is 105 Å². The topological polar surface area (TPSA) is 33.1 Å². The predicted molar refractivity (Wildman–Crippen MR) is 65.8 cm³/mol. The molecule has 0 saturated carbocycles. The first kappa shape index (κ1) is 11.7. The van der Waals surface area contributed by atoms with Gasteiger partial charge in [-0.1, -0.05) is 15.9 Å². The van der Waals surface area contributed by atoms with Crippen LogP contribution in [0.1, 0.15) is 18.7 Å². The number of aliphatic hydroxyl groups is 1. The Kier molecular flexibility index (Phi) is 3.37. The second-order valence-corrected chi connectivity index (χ2v) is 5.09. The summed E-state index contributed by atoms with van der Waals surface area (Å²) in [6.45, 7) is 1.65. The van der Waals surface area contributed by atoms with E-state index < -0.39 is 6.10 Å². The Morgan fingerprint density at radius 1 is 1.50 bits per heavy atom. The van der Waals surface area contributed by atoms with Gasteiger partial charge < -0.3 is 5.11 Å². The molecule has 0 aliphatic heterocycles. The van der Waals surface area contributed by atoms with Crippen LogP contribution in [0.15, 0.2) is 28.1 Å². The van der Waals surface area contributed by atoms with Crippen molar-refractivity contribution in [1.29, 1.82) is 0 Å². The van der Waals surface area contributed by atoms with Crippen LogP contribution in [0, 0.1) is 5.82 Å². The van der Waals surface area contributed by atoms with Crippen molar-refractivity contribution in [3.63, 3.8) is 0 Å². The van der Waals surface area contributed by atoms with E-state index >= 15 is 0 Å². The average Bonchev–Trinajstić information content (AvgIpc) is 2.70. The molecule has 0 radical (unpaired) electrons. The smallest absolute Gasteiger partial charge is 0.124 e. The molecule has 0 amide bonds. The van der Waals surface area contributed by atoms with Gasteiger partial charge in [-0.25, -0.2) is 9.37 Å². The molecule has 1 N–H and O–H groups in total. The number of benzene rings is 1. The molecule has 0 aliphatic rings. The van der Waals surface area contributed by atoms with Gasteiger partial charge in [0.2, 0.25) is 0 Å². The highest BCUT2D eigenvalue weighted by Gasteiger charge is 2.11. The minimum Gasteiger partial charge on any atom is -0.387 e. The van der Waals surface area contributed by atoms with Gasteiger partial charge in [-0.3, -0.25) is 0 Å². The fourth-order valence-corrected chi connectivity index (χ4v) is 2.76. The number of aromatic nitrogens is 1. The second-order valence-electron chi connectivity index (χ2n) is 3.38. The second kappa shape index (κ2) is 4.61. The Balaban J connectivity index is 2.46. The van der Waals surface area contributed by atoms with Crippen LogP contribution in [0.3, 0.4) is 0 Å². The fourth-order valence-electron chi connectivity index (χ4n) is 1.26. The zero-order valence-electron chi connectivity index (χ0n) is 8.45. The Morgan fingerprint density at radius 2 is 2.25 bits per heavy atom. The molecule has 1 aromatic carbocycles. The maximum absolute atomic E-state index is 13.1. The molecule has 1 heterocycles. The SMILES string of the molecule is CC(O)c1csc(-c2cc(F)ccc2Br)n1. The van der Waals surface area contributed by atoms with Crippen LogP contribution in [0.5, 0.6) is 0 Å².